The predicted octanol–water partition coefficient (Wildman–Crippen LogP) is 6.74. The molecule has 0 bridgehead atoms. The maximum atomic E-state index is 6.51. The van der Waals surface area contributed by atoms with Crippen molar-refractivity contribution in [2.75, 3.05) is 13.2 Å². The van der Waals surface area contributed by atoms with Gasteiger partial charge in [0.1, 0.15) is 0 Å². The monoisotopic (exact) mass is 354 g/mol. The summed E-state index contributed by atoms with van der Waals surface area (Å²) in [5.41, 5.74) is 0. The Morgan fingerprint density at radius 3 is 1.28 bits per heavy atom. The summed E-state index contributed by atoms with van der Waals surface area (Å²) < 4.78 is 18.4. The fourth-order valence-electron chi connectivity index (χ4n) is 4.01. The van der Waals surface area contributed by atoms with Crippen LogP contribution in [0.25, 0.3) is 0 Å². The van der Waals surface area contributed by atoms with Crippen LogP contribution in [0, 0.1) is 0 Å². The summed E-state index contributed by atoms with van der Waals surface area (Å²) in [5, 5.41) is 0. The fraction of sp³-hybridized carbons (Fsp3) is 1.00. The van der Waals surface area contributed by atoms with Crippen LogP contribution in [0.1, 0.15) is 117 Å². The summed E-state index contributed by atoms with van der Waals surface area (Å²) in [5.74, 6) is -0.652. The van der Waals surface area contributed by atoms with E-state index in [1.54, 1.807) is 0 Å². The van der Waals surface area contributed by atoms with Crippen molar-refractivity contribution in [3.8, 4) is 0 Å². The summed E-state index contributed by atoms with van der Waals surface area (Å²) in [6.45, 7) is 6.24. The Morgan fingerprint density at radius 2 is 0.960 bits per heavy atom. The second-order valence-corrected chi connectivity index (χ2v) is 8.16. The van der Waals surface area contributed by atoms with Gasteiger partial charge in [0.05, 0.1) is 13.2 Å². The van der Waals surface area contributed by atoms with E-state index in [4.69, 9.17) is 14.2 Å². The normalized spacial score (nSPS) is 28.6. The smallest absolute Gasteiger partial charge is 0.173 e. The molecule has 0 aromatic heterocycles. The van der Waals surface area contributed by atoms with Crippen molar-refractivity contribution >= 4 is 0 Å². The second-order valence-electron chi connectivity index (χ2n) is 8.16. The quantitative estimate of drug-likeness (QED) is 0.287. The van der Waals surface area contributed by atoms with Crippen molar-refractivity contribution in [2.24, 2.45) is 0 Å². The van der Waals surface area contributed by atoms with Crippen molar-refractivity contribution in [2.45, 2.75) is 128 Å². The van der Waals surface area contributed by atoms with Gasteiger partial charge in [0.25, 0.3) is 0 Å². The van der Waals surface area contributed by atoms with E-state index in [0.29, 0.717) is 0 Å². The van der Waals surface area contributed by atoms with Gasteiger partial charge in [-0.15, -0.1) is 0 Å². The molecule has 0 aliphatic carbocycles. The SMILES string of the molecule is CCCCCCCCC1(OC2(CCCCCCCC)CCO2)CCO1. The first-order chi connectivity index (χ1) is 12.2. The lowest BCUT2D eigenvalue weighted by molar-refractivity contribution is -0.432. The fourth-order valence-corrected chi connectivity index (χ4v) is 4.01. The summed E-state index contributed by atoms with van der Waals surface area (Å²) in [4.78, 5) is 0. The van der Waals surface area contributed by atoms with Crippen LogP contribution in [0.15, 0.2) is 0 Å². The third-order valence-electron chi connectivity index (χ3n) is 5.89. The van der Waals surface area contributed by atoms with Crippen LogP contribution in [0.5, 0.6) is 0 Å². The molecule has 0 N–H and O–H groups in total. The molecule has 3 heteroatoms. The summed E-state index contributed by atoms with van der Waals surface area (Å²) in [7, 11) is 0. The summed E-state index contributed by atoms with van der Waals surface area (Å²) >= 11 is 0. The average molecular weight is 355 g/mol. The van der Waals surface area contributed by atoms with Gasteiger partial charge in [-0.2, -0.15) is 0 Å². The lowest BCUT2D eigenvalue weighted by atomic mass is 9.95. The first-order valence-corrected chi connectivity index (χ1v) is 11.2. The molecule has 148 valence electrons. The van der Waals surface area contributed by atoms with Gasteiger partial charge in [0.15, 0.2) is 11.6 Å². The number of rotatable bonds is 16. The van der Waals surface area contributed by atoms with Crippen LogP contribution in [0.3, 0.4) is 0 Å². The molecule has 0 amide bonds. The van der Waals surface area contributed by atoms with E-state index in [0.717, 1.165) is 38.9 Å². The van der Waals surface area contributed by atoms with Crippen LogP contribution in [-0.2, 0) is 14.2 Å². The number of hydrogen-bond donors (Lipinski definition) is 0. The van der Waals surface area contributed by atoms with Crippen LogP contribution in [0.4, 0.5) is 0 Å². The van der Waals surface area contributed by atoms with Gasteiger partial charge in [-0.3, -0.25) is 0 Å². The minimum atomic E-state index is -0.326. The molecule has 2 unspecified atom stereocenters. The summed E-state index contributed by atoms with van der Waals surface area (Å²) in [6, 6.07) is 0. The van der Waals surface area contributed by atoms with Gasteiger partial charge in [-0.1, -0.05) is 78.1 Å². The van der Waals surface area contributed by atoms with E-state index in [-0.39, 0.29) is 11.6 Å². The predicted molar refractivity (Wildman–Crippen MR) is 104 cm³/mol. The molecule has 2 fully saturated rings. The highest BCUT2D eigenvalue weighted by atomic mass is 16.8. The zero-order valence-electron chi connectivity index (χ0n) is 17.0. The molecule has 2 heterocycles. The molecular weight excluding hydrogens is 312 g/mol. The third-order valence-corrected chi connectivity index (χ3v) is 5.89. The van der Waals surface area contributed by atoms with Crippen LogP contribution >= 0.6 is 0 Å². The number of hydrogen-bond acceptors (Lipinski definition) is 3. The third kappa shape index (κ3) is 7.19. The van der Waals surface area contributed by atoms with Crippen LogP contribution < -0.4 is 0 Å². The molecule has 2 rings (SSSR count). The molecular formula is C22H42O3. The molecule has 2 saturated heterocycles. The molecule has 0 spiro atoms. The molecule has 0 aromatic rings. The largest absolute Gasteiger partial charge is 0.349 e. The molecule has 25 heavy (non-hydrogen) atoms. The van der Waals surface area contributed by atoms with Crippen molar-refractivity contribution in [1.82, 2.24) is 0 Å². The first kappa shape index (κ1) is 21.2. The Hall–Kier alpha value is -0.120. The minimum Gasteiger partial charge on any atom is -0.349 e. The Bertz CT molecular complexity index is 302. The van der Waals surface area contributed by atoms with E-state index >= 15 is 0 Å². The lowest BCUT2D eigenvalue weighted by Crippen LogP contribution is -2.57. The number of unbranched alkanes of at least 4 members (excludes halogenated alkanes) is 10. The maximum Gasteiger partial charge on any atom is 0.173 e. The highest BCUT2D eigenvalue weighted by molar-refractivity contribution is 4.86. The van der Waals surface area contributed by atoms with Gasteiger partial charge >= 0.3 is 0 Å². The molecule has 2 aliphatic rings. The van der Waals surface area contributed by atoms with E-state index in [2.05, 4.69) is 13.8 Å². The average Bonchev–Trinajstić information content (AvgIpc) is 2.55. The van der Waals surface area contributed by atoms with E-state index in [9.17, 15) is 0 Å². The Kier molecular flexibility index (Phi) is 9.80. The Balaban J connectivity index is 1.65. The minimum absolute atomic E-state index is 0.326. The highest BCUT2D eigenvalue weighted by Crippen LogP contribution is 2.44. The van der Waals surface area contributed by atoms with E-state index in [1.807, 2.05) is 0 Å². The Morgan fingerprint density at radius 1 is 0.600 bits per heavy atom. The van der Waals surface area contributed by atoms with E-state index in [1.165, 1.54) is 77.0 Å². The van der Waals surface area contributed by atoms with E-state index < -0.39 is 0 Å². The molecule has 3 nitrogen and oxygen atoms in total. The zero-order chi connectivity index (χ0) is 17.8. The van der Waals surface area contributed by atoms with Crippen molar-refractivity contribution < 1.29 is 14.2 Å². The van der Waals surface area contributed by atoms with Crippen LogP contribution in [0.2, 0.25) is 0 Å². The highest BCUT2D eigenvalue weighted by Gasteiger charge is 2.50. The standard InChI is InChI=1S/C22H42O3/c1-3-5-7-9-11-13-15-21(17-19-23-21)25-22(18-20-24-22)16-14-12-10-8-6-4-2/h3-20H2,1-2H3. The van der Waals surface area contributed by atoms with Gasteiger partial charge in [0, 0.05) is 25.7 Å². The molecule has 0 saturated carbocycles. The van der Waals surface area contributed by atoms with Gasteiger partial charge in [0.2, 0.25) is 0 Å². The van der Waals surface area contributed by atoms with Gasteiger partial charge < -0.3 is 14.2 Å². The lowest BCUT2D eigenvalue weighted by Gasteiger charge is -2.51. The van der Waals surface area contributed by atoms with Gasteiger partial charge in [-0.25, -0.2) is 0 Å². The Labute approximate surface area is 156 Å². The van der Waals surface area contributed by atoms with Crippen molar-refractivity contribution in [3.63, 3.8) is 0 Å². The molecule has 2 aliphatic heterocycles. The van der Waals surface area contributed by atoms with Crippen molar-refractivity contribution in [1.29, 1.82) is 0 Å². The molecule has 0 aromatic carbocycles. The molecule has 0 radical (unpaired) electrons. The first-order valence-electron chi connectivity index (χ1n) is 11.2. The number of ether oxygens (including phenoxy) is 3. The second kappa shape index (κ2) is 11.6. The van der Waals surface area contributed by atoms with Gasteiger partial charge in [-0.05, 0) is 12.8 Å². The summed E-state index contributed by atoms with van der Waals surface area (Å²) in [6.07, 6.45) is 20.0. The molecule has 2 atom stereocenters. The van der Waals surface area contributed by atoms with Crippen molar-refractivity contribution in [3.05, 3.63) is 0 Å². The van der Waals surface area contributed by atoms with Crippen LogP contribution in [-0.4, -0.2) is 24.8 Å². The maximum absolute atomic E-state index is 6.51. The zero-order valence-corrected chi connectivity index (χ0v) is 17.0. The topological polar surface area (TPSA) is 27.7 Å².